The number of hydrogen-bond acceptors (Lipinski definition) is 2. The topological polar surface area (TPSA) is 35.2 Å². The van der Waals surface area contributed by atoms with Crippen LogP contribution in [-0.2, 0) is 6.61 Å². The van der Waals surface area contributed by atoms with E-state index in [2.05, 4.69) is 0 Å². The molecule has 0 saturated carbocycles. The molecule has 0 unspecified atom stereocenters. The molecule has 2 aromatic rings. The zero-order chi connectivity index (χ0) is 13.8. The van der Waals surface area contributed by atoms with E-state index in [9.17, 15) is 4.39 Å². The van der Waals surface area contributed by atoms with Gasteiger partial charge in [0.1, 0.15) is 18.2 Å². The molecule has 0 amide bonds. The van der Waals surface area contributed by atoms with E-state index in [1.54, 1.807) is 6.07 Å². The Morgan fingerprint density at radius 1 is 1.16 bits per heavy atom. The number of aryl methyl sites for hydroxylation is 1. The third kappa shape index (κ3) is 3.55. The maximum absolute atomic E-state index is 13.3. The molecular weight excluding hydrogens is 241 g/mol. The molecule has 3 heteroatoms. The van der Waals surface area contributed by atoms with Gasteiger partial charge in [0.15, 0.2) is 0 Å². The van der Waals surface area contributed by atoms with Crippen molar-refractivity contribution in [1.82, 2.24) is 0 Å². The molecular formula is C16H18FNO. The van der Waals surface area contributed by atoms with Crippen molar-refractivity contribution in [2.75, 3.05) is 0 Å². The number of hydrogen-bond donors (Lipinski definition) is 1. The molecule has 0 aliphatic carbocycles. The van der Waals surface area contributed by atoms with Crippen molar-refractivity contribution in [2.24, 2.45) is 5.73 Å². The Hall–Kier alpha value is -1.87. The van der Waals surface area contributed by atoms with Crippen LogP contribution in [0.3, 0.4) is 0 Å². The molecule has 19 heavy (non-hydrogen) atoms. The summed E-state index contributed by atoms with van der Waals surface area (Å²) in [5.41, 5.74) is 8.91. The van der Waals surface area contributed by atoms with Gasteiger partial charge in [0, 0.05) is 17.7 Å². The van der Waals surface area contributed by atoms with Crippen LogP contribution in [0.15, 0.2) is 42.5 Å². The summed E-state index contributed by atoms with van der Waals surface area (Å²) in [6, 6.07) is 12.3. The van der Waals surface area contributed by atoms with Gasteiger partial charge in [-0.1, -0.05) is 35.9 Å². The first-order valence-electron chi connectivity index (χ1n) is 6.29. The molecule has 0 saturated heterocycles. The van der Waals surface area contributed by atoms with Crippen LogP contribution < -0.4 is 10.5 Å². The summed E-state index contributed by atoms with van der Waals surface area (Å²) in [6.07, 6.45) is 0. The van der Waals surface area contributed by atoms with Crippen LogP contribution in [-0.4, -0.2) is 0 Å². The van der Waals surface area contributed by atoms with E-state index < -0.39 is 0 Å². The van der Waals surface area contributed by atoms with Crippen LogP contribution in [0, 0.1) is 12.7 Å². The largest absolute Gasteiger partial charge is 0.488 e. The summed E-state index contributed by atoms with van der Waals surface area (Å²) in [4.78, 5) is 0. The van der Waals surface area contributed by atoms with E-state index in [0.717, 1.165) is 11.1 Å². The lowest BCUT2D eigenvalue weighted by atomic mass is 10.1. The Kier molecular flexibility index (Phi) is 4.17. The Bertz CT molecular complexity index is 549. The van der Waals surface area contributed by atoms with Gasteiger partial charge in [-0.2, -0.15) is 0 Å². The minimum absolute atomic E-state index is 0.186. The lowest BCUT2D eigenvalue weighted by molar-refractivity contribution is 0.300. The van der Waals surface area contributed by atoms with Crippen molar-refractivity contribution >= 4 is 0 Å². The quantitative estimate of drug-likeness (QED) is 0.908. The highest BCUT2D eigenvalue weighted by Gasteiger charge is 2.09. The van der Waals surface area contributed by atoms with Gasteiger partial charge in [0.25, 0.3) is 0 Å². The van der Waals surface area contributed by atoms with Gasteiger partial charge in [-0.05, 0) is 25.5 Å². The molecule has 2 nitrogen and oxygen atoms in total. The van der Waals surface area contributed by atoms with E-state index in [0.29, 0.717) is 12.4 Å². The molecule has 0 aliphatic rings. The molecule has 0 aliphatic heterocycles. The van der Waals surface area contributed by atoms with Gasteiger partial charge in [-0.3, -0.25) is 0 Å². The summed E-state index contributed by atoms with van der Waals surface area (Å²) < 4.78 is 19.0. The number of halogens is 1. The molecule has 1 atom stereocenters. The zero-order valence-corrected chi connectivity index (χ0v) is 11.2. The van der Waals surface area contributed by atoms with Crippen molar-refractivity contribution in [2.45, 2.75) is 26.5 Å². The average molecular weight is 259 g/mol. The zero-order valence-electron chi connectivity index (χ0n) is 11.2. The third-order valence-electron chi connectivity index (χ3n) is 2.98. The molecule has 0 fully saturated rings. The van der Waals surface area contributed by atoms with Crippen LogP contribution in [0.4, 0.5) is 4.39 Å². The summed E-state index contributed by atoms with van der Waals surface area (Å²) >= 11 is 0. The second kappa shape index (κ2) is 5.85. The standard InChI is InChI=1S/C16H18FNO/c1-11-3-5-13(6-4-11)10-19-16-9-14(17)7-8-15(16)12(2)18/h3-9,12H,10,18H2,1-2H3/t12-/m1/s1. The molecule has 2 rings (SSSR count). The minimum Gasteiger partial charge on any atom is -0.488 e. The second-order valence-corrected chi connectivity index (χ2v) is 4.75. The number of benzene rings is 2. The van der Waals surface area contributed by atoms with Crippen LogP contribution in [0.25, 0.3) is 0 Å². The molecule has 2 N–H and O–H groups in total. The maximum atomic E-state index is 13.3. The third-order valence-corrected chi connectivity index (χ3v) is 2.98. The predicted octanol–water partition coefficient (Wildman–Crippen LogP) is 3.73. The maximum Gasteiger partial charge on any atom is 0.127 e. The van der Waals surface area contributed by atoms with E-state index in [4.69, 9.17) is 10.5 Å². The van der Waals surface area contributed by atoms with Crippen LogP contribution in [0.5, 0.6) is 5.75 Å². The summed E-state index contributed by atoms with van der Waals surface area (Å²) in [5.74, 6) is 0.193. The van der Waals surface area contributed by atoms with E-state index >= 15 is 0 Å². The van der Waals surface area contributed by atoms with E-state index in [1.807, 2.05) is 38.1 Å². The van der Waals surface area contributed by atoms with Crippen molar-refractivity contribution in [3.8, 4) is 5.75 Å². The molecule has 0 aromatic heterocycles. The number of nitrogens with two attached hydrogens (primary N) is 1. The smallest absolute Gasteiger partial charge is 0.127 e. The Morgan fingerprint density at radius 2 is 1.84 bits per heavy atom. The Balaban J connectivity index is 2.14. The normalized spacial score (nSPS) is 12.2. The summed E-state index contributed by atoms with van der Waals surface area (Å²) in [5, 5.41) is 0. The van der Waals surface area contributed by atoms with Crippen molar-refractivity contribution in [3.63, 3.8) is 0 Å². The molecule has 0 spiro atoms. The molecule has 100 valence electrons. The predicted molar refractivity (Wildman–Crippen MR) is 74.5 cm³/mol. The lowest BCUT2D eigenvalue weighted by Crippen LogP contribution is -2.08. The number of rotatable bonds is 4. The highest BCUT2D eigenvalue weighted by atomic mass is 19.1. The fourth-order valence-corrected chi connectivity index (χ4v) is 1.85. The first-order valence-corrected chi connectivity index (χ1v) is 6.29. The molecule has 0 heterocycles. The van der Waals surface area contributed by atoms with Gasteiger partial charge >= 0.3 is 0 Å². The van der Waals surface area contributed by atoms with Gasteiger partial charge in [-0.25, -0.2) is 4.39 Å². The molecule has 2 aromatic carbocycles. The molecule has 0 bridgehead atoms. The van der Waals surface area contributed by atoms with Gasteiger partial charge < -0.3 is 10.5 Å². The van der Waals surface area contributed by atoms with Crippen LogP contribution in [0.2, 0.25) is 0 Å². The summed E-state index contributed by atoms with van der Waals surface area (Å²) in [6.45, 7) is 4.29. The van der Waals surface area contributed by atoms with Crippen LogP contribution in [0.1, 0.15) is 29.7 Å². The van der Waals surface area contributed by atoms with Gasteiger partial charge in [0.05, 0.1) is 0 Å². The van der Waals surface area contributed by atoms with Crippen molar-refractivity contribution < 1.29 is 9.13 Å². The van der Waals surface area contributed by atoms with Gasteiger partial charge in [0.2, 0.25) is 0 Å². The van der Waals surface area contributed by atoms with E-state index in [-0.39, 0.29) is 11.9 Å². The number of ether oxygens (including phenoxy) is 1. The average Bonchev–Trinajstić information content (AvgIpc) is 2.38. The van der Waals surface area contributed by atoms with Crippen molar-refractivity contribution in [3.05, 3.63) is 65.0 Å². The first-order chi connectivity index (χ1) is 9.06. The fourth-order valence-electron chi connectivity index (χ4n) is 1.85. The highest BCUT2D eigenvalue weighted by Crippen LogP contribution is 2.25. The Morgan fingerprint density at radius 3 is 2.47 bits per heavy atom. The highest BCUT2D eigenvalue weighted by molar-refractivity contribution is 5.36. The van der Waals surface area contributed by atoms with E-state index in [1.165, 1.54) is 17.7 Å². The second-order valence-electron chi connectivity index (χ2n) is 4.75. The molecule has 0 radical (unpaired) electrons. The van der Waals surface area contributed by atoms with Crippen LogP contribution >= 0.6 is 0 Å². The minimum atomic E-state index is -0.316. The SMILES string of the molecule is Cc1ccc(COc2cc(F)ccc2[C@@H](C)N)cc1. The first kappa shape index (κ1) is 13.6. The van der Waals surface area contributed by atoms with Gasteiger partial charge in [-0.15, -0.1) is 0 Å². The summed E-state index contributed by atoms with van der Waals surface area (Å²) in [7, 11) is 0. The monoisotopic (exact) mass is 259 g/mol. The lowest BCUT2D eigenvalue weighted by Gasteiger charge is -2.14. The fraction of sp³-hybridized carbons (Fsp3) is 0.250. The Labute approximate surface area is 113 Å². The van der Waals surface area contributed by atoms with Crippen molar-refractivity contribution in [1.29, 1.82) is 0 Å².